The summed E-state index contributed by atoms with van der Waals surface area (Å²) in [5.74, 6) is 1.59. The van der Waals surface area contributed by atoms with Crippen LogP contribution >= 0.6 is 11.3 Å². The largest absolute Gasteiger partial charge is 0.492 e. The van der Waals surface area contributed by atoms with Gasteiger partial charge in [0.15, 0.2) is 16.6 Å². The molecule has 0 amide bonds. The Bertz CT molecular complexity index is 1330. The number of benzene rings is 1. The number of rotatable bonds is 3. The van der Waals surface area contributed by atoms with E-state index < -0.39 is 11.1 Å². The lowest BCUT2D eigenvalue weighted by Crippen LogP contribution is -2.60. The van der Waals surface area contributed by atoms with Crippen molar-refractivity contribution >= 4 is 33.9 Å². The van der Waals surface area contributed by atoms with E-state index in [9.17, 15) is 9.90 Å². The maximum absolute atomic E-state index is 16.9. The predicted octanol–water partition coefficient (Wildman–Crippen LogP) is 5.27. The van der Waals surface area contributed by atoms with Gasteiger partial charge in [0.25, 0.3) is 0 Å². The van der Waals surface area contributed by atoms with Crippen molar-refractivity contribution in [2.45, 2.75) is 69.9 Å². The number of ketones is 1. The number of hydrogen-bond donors (Lipinski definition) is 1. The molecular formula is C31H35FN2O2S. The molecule has 0 radical (unpaired) electrons. The molecule has 6 heteroatoms. The van der Waals surface area contributed by atoms with Gasteiger partial charge in [0.2, 0.25) is 5.88 Å². The van der Waals surface area contributed by atoms with Crippen molar-refractivity contribution in [2.24, 2.45) is 23.2 Å². The first-order valence-electron chi connectivity index (χ1n) is 14.1. The van der Waals surface area contributed by atoms with Crippen LogP contribution in [-0.2, 0) is 4.79 Å². The van der Waals surface area contributed by atoms with Crippen LogP contribution in [0.3, 0.4) is 0 Å². The molecule has 5 fully saturated rings. The topological polar surface area (TPSA) is 53.4 Å². The van der Waals surface area contributed by atoms with Crippen molar-refractivity contribution in [3.05, 3.63) is 51.7 Å². The number of allylic oxidation sites excluding steroid dienone is 2. The van der Waals surface area contributed by atoms with E-state index in [1.807, 2.05) is 36.4 Å². The highest BCUT2D eigenvalue weighted by Gasteiger charge is 2.64. The second kappa shape index (κ2) is 8.79. The molecule has 1 aromatic heterocycles. The van der Waals surface area contributed by atoms with Gasteiger partial charge in [-0.3, -0.25) is 4.79 Å². The molecule has 6 aliphatic rings. The fourth-order valence-corrected chi connectivity index (χ4v) is 9.50. The van der Waals surface area contributed by atoms with E-state index in [-0.39, 0.29) is 18.1 Å². The lowest BCUT2D eigenvalue weighted by Gasteiger charge is -2.61. The molecule has 1 aromatic carbocycles. The minimum Gasteiger partial charge on any atom is -0.492 e. The molecule has 4 saturated carbocycles. The molecule has 37 heavy (non-hydrogen) atoms. The summed E-state index contributed by atoms with van der Waals surface area (Å²) in [7, 11) is 0. The number of halogens is 1. The van der Waals surface area contributed by atoms with E-state index in [2.05, 4.69) is 9.88 Å². The third kappa shape index (κ3) is 3.98. The van der Waals surface area contributed by atoms with Gasteiger partial charge in [0, 0.05) is 24.9 Å². The molecular weight excluding hydrogens is 483 g/mol. The minimum absolute atomic E-state index is 0.0792. The molecule has 0 spiro atoms. The van der Waals surface area contributed by atoms with Crippen LogP contribution in [-0.4, -0.2) is 34.6 Å². The second-order valence-electron chi connectivity index (χ2n) is 12.4. The lowest BCUT2D eigenvalue weighted by molar-refractivity contribution is -0.161. The SMILES string of the molecule is O=C1C=CC(=c2ccc(=Cc3sc(N4CCCCC4)nc3O)cc2)CC1(F)C12CC3CC(CC(C3)C1)C2. The number of nitrogens with zero attached hydrogens (tertiary/aromatic N) is 2. The van der Waals surface area contributed by atoms with Crippen LogP contribution in [0.25, 0.3) is 11.6 Å². The van der Waals surface area contributed by atoms with E-state index in [0.29, 0.717) is 17.8 Å². The maximum Gasteiger partial charge on any atom is 0.231 e. The Hall–Kier alpha value is -2.47. The Morgan fingerprint density at radius 2 is 1.62 bits per heavy atom. The van der Waals surface area contributed by atoms with Crippen LogP contribution in [0.2, 0.25) is 0 Å². The van der Waals surface area contributed by atoms with Crippen molar-refractivity contribution < 1.29 is 14.3 Å². The third-order valence-electron chi connectivity index (χ3n) is 9.97. The zero-order valence-corrected chi connectivity index (χ0v) is 22.1. The smallest absolute Gasteiger partial charge is 0.231 e. The summed E-state index contributed by atoms with van der Waals surface area (Å²) in [4.78, 5) is 20.5. The highest BCUT2D eigenvalue weighted by atomic mass is 32.1. The fraction of sp³-hybridized carbons (Fsp3) is 0.548. The van der Waals surface area contributed by atoms with Gasteiger partial charge in [0.05, 0.1) is 4.88 Å². The lowest BCUT2D eigenvalue weighted by atomic mass is 9.44. The number of piperidine rings is 1. The molecule has 4 nitrogen and oxygen atoms in total. The Morgan fingerprint density at radius 1 is 0.973 bits per heavy atom. The van der Waals surface area contributed by atoms with Gasteiger partial charge in [-0.2, -0.15) is 4.98 Å². The number of thiazole rings is 1. The zero-order valence-electron chi connectivity index (χ0n) is 21.3. The van der Waals surface area contributed by atoms with Gasteiger partial charge in [-0.15, -0.1) is 0 Å². The van der Waals surface area contributed by atoms with E-state index in [1.54, 1.807) is 0 Å². The second-order valence-corrected chi connectivity index (χ2v) is 13.4. The molecule has 1 atom stereocenters. The van der Waals surface area contributed by atoms with Crippen LogP contribution in [0.5, 0.6) is 5.88 Å². The standard InChI is InChI=1S/C31H35FN2O2S/c32-31(30-16-21-12-22(17-30)14-23(13-21)18-30)19-25(8-9-27(31)35)24-6-4-20(5-7-24)15-26-28(36)33-29(37-26)34-10-2-1-3-11-34/h4-9,15,21-23,36H,1-3,10-14,16-19H2. The Balaban J connectivity index is 1.18. The fourth-order valence-electron chi connectivity index (χ4n) is 8.53. The summed E-state index contributed by atoms with van der Waals surface area (Å²) in [5, 5.41) is 13.3. The minimum atomic E-state index is -1.78. The van der Waals surface area contributed by atoms with Crippen molar-refractivity contribution in [3.8, 4) is 5.88 Å². The molecule has 1 unspecified atom stereocenters. The number of hydrogen-bond acceptors (Lipinski definition) is 5. The first-order chi connectivity index (χ1) is 17.9. The average Bonchev–Trinajstić information content (AvgIpc) is 3.26. The molecule has 194 valence electrons. The van der Waals surface area contributed by atoms with E-state index in [1.165, 1.54) is 55.9 Å². The van der Waals surface area contributed by atoms with Gasteiger partial charge in [-0.1, -0.05) is 41.7 Å². The van der Waals surface area contributed by atoms with E-state index in [4.69, 9.17) is 0 Å². The van der Waals surface area contributed by atoms with Crippen LogP contribution in [0.1, 0.15) is 69.1 Å². The number of alkyl halides is 1. The van der Waals surface area contributed by atoms with E-state index in [0.717, 1.165) is 58.4 Å². The molecule has 1 N–H and O–H groups in total. The van der Waals surface area contributed by atoms with Crippen molar-refractivity contribution in [2.75, 3.05) is 18.0 Å². The van der Waals surface area contributed by atoms with Gasteiger partial charge in [0.1, 0.15) is 0 Å². The maximum atomic E-state index is 16.9. The van der Waals surface area contributed by atoms with Gasteiger partial charge in [-0.25, -0.2) is 4.39 Å². The average molecular weight is 519 g/mol. The number of anilines is 1. The molecule has 4 bridgehead atoms. The molecule has 2 aromatic rings. The third-order valence-corrected chi connectivity index (χ3v) is 11.0. The van der Waals surface area contributed by atoms with Crippen molar-refractivity contribution in [1.82, 2.24) is 4.98 Å². The summed E-state index contributed by atoms with van der Waals surface area (Å²) in [5.41, 5.74) is -1.34. The van der Waals surface area contributed by atoms with Crippen LogP contribution in [0.15, 0.2) is 36.4 Å². The van der Waals surface area contributed by atoms with Crippen LogP contribution in [0.4, 0.5) is 9.52 Å². The summed E-state index contributed by atoms with van der Waals surface area (Å²) >= 11 is 1.53. The molecule has 8 rings (SSSR count). The molecule has 1 saturated heterocycles. The Morgan fingerprint density at radius 3 is 2.27 bits per heavy atom. The van der Waals surface area contributed by atoms with E-state index >= 15 is 4.39 Å². The zero-order chi connectivity index (χ0) is 25.2. The first kappa shape index (κ1) is 23.6. The summed E-state index contributed by atoms with van der Waals surface area (Å²) < 4.78 is 16.9. The van der Waals surface area contributed by atoms with Crippen molar-refractivity contribution in [3.63, 3.8) is 0 Å². The van der Waals surface area contributed by atoms with Gasteiger partial charge < -0.3 is 10.0 Å². The van der Waals surface area contributed by atoms with Crippen molar-refractivity contribution in [1.29, 1.82) is 0 Å². The van der Waals surface area contributed by atoms with Crippen LogP contribution < -0.4 is 15.3 Å². The molecule has 2 heterocycles. The first-order valence-corrected chi connectivity index (χ1v) is 14.9. The Labute approximate surface area is 221 Å². The monoisotopic (exact) mass is 518 g/mol. The number of carbonyl (C=O) groups is 1. The predicted molar refractivity (Wildman–Crippen MR) is 146 cm³/mol. The highest BCUT2D eigenvalue weighted by Crippen LogP contribution is 2.66. The molecule has 1 aliphatic heterocycles. The Kier molecular flexibility index (Phi) is 5.62. The summed E-state index contributed by atoms with van der Waals surface area (Å²) in [6.45, 7) is 1.99. The van der Waals surface area contributed by atoms with Gasteiger partial charge in [-0.05, 0) is 104 Å². The highest BCUT2D eigenvalue weighted by molar-refractivity contribution is 7.16. The van der Waals surface area contributed by atoms with Gasteiger partial charge >= 0.3 is 0 Å². The summed E-state index contributed by atoms with van der Waals surface area (Å²) in [6, 6.07) is 8.06. The number of aromatic nitrogens is 1. The molecule has 5 aliphatic carbocycles. The number of aromatic hydroxyl groups is 1. The normalized spacial score (nSPS) is 34.8. The van der Waals surface area contributed by atoms with Crippen LogP contribution in [0, 0.1) is 23.2 Å². The number of carbonyl (C=O) groups excluding carboxylic acids is 1. The quantitative estimate of drug-likeness (QED) is 0.601. The summed E-state index contributed by atoms with van der Waals surface area (Å²) in [6.07, 6.45) is 15.5.